The Morgan fingerprint density at radius 3 is 2.20 bits per heavy atom. The van der Waals surface area contributed by atoms with Crippen molar-refractivity contribution in [2.45, 2.75) is 31.1 Å². The van der Waals surface area contributed by atoms with Crippen molar-refractivity contribution in [3.05, 3.63) is 58.6 Å². The Bertz CT molecular complexity index is 884. The third-order valence-corrected chi connectivity index (χ3v) is 5.28. The molecule has 0 radical (unpaired) electrons. The number of hydrogen-bond acceptors (Lipinski definition) is 4. The SMILES string of the molecule is COC(=O)c1ccc(Cl)cc1NS(=O)(=O)c1ccc(C(C)(C)C)cc1. The lowest BCUT2D eigenvalue weighted by molar-refractivity contribution is 0.0602. The molecule has 0 aliphatic carbocycles. The van der Waals surface area contributed by atoms with Crippen LogP contribution in [0.5, 0.6) is 0 Å². The van der Waals surface area contributed by atoms with E-state index in [0.29, 0.717) is 5.02 Å². The quantitative estimate of drug-likeness (QED) is 0.804. The molecular formula is C18H20ClNO4S. The first kappa shape index (κ1) is 19.3. The number of halogens is 1. The molecule has 0 unspecified atom stereocenters. The van der Waals surface area contributed by atoms with Crippen molar-refractivity contribution in [2.24, 2.45) is 0 Å². The number of hydrogen-bond donors (Lipinski definition) is 1. The van der Waals surface area contributed by atoms with Crippen LogP contribution in [0.4, 0.5) is 5.69 Å². The van der Waals surface area contributed by atoms with Crippen LogP contribution in [0.25, 0.3) is 0 Å². The highest BCUT2D eigenvalue weighted by atomic mass is 35.5. The van der Waals surface area contributed by atoms with E-state index >= 15 is 0 Å². The van der Waals surface area contributed by atoms with Crippen LogP contribution in [0.15, 0.2) is 47.4 Å². The summed E-state index contributed by atoms with van der Waals surface area (Å²) in [5, 5.41) is 0.299. The van der Waals surface area contributed by atoms with E-state index in [4.69, 9.17) is 11.6 Å². The van der Waals surface area contributed by atoms with Gasteiger partial charge in [0.05, 0.1) is 23.3 Å². The zero-order valence-electron chi connectivity index (χ0n) is 14.5. The van der Waals surface area contributed by atoms with E-state index in [1.165, 1.54) is 37.4 Å². The van der Waals surface area contributed by atoms with Gasteiger partial charge in [-0.15, -0.1) is 0 Å². The third-order valence-electron chi connectivity index (χ3n) is 3.66. The van der Waals surface area contributed by atoms with Gasteiger partial charge in [-0.05, 0) is 41.3 Å². The van der Waals surface area contributed by atoms with Gasteiger partial charge in [0.2, 0.25) is 0 Å². The number of carbonyl (C=O) groups excluding carboxylic acids is 1. The second-order valence-corrected chi connectivity index (χ2v) is 8.68. The highest BCUT2D eigenvalue weighted by Gasteiger charge is 2.21. The largest absolute Gasteiger partial charge is 0.465 e. The van der Waals surface area contributed by atoms with E-state index in [-0.39, 0.29) is 21.6 Å². The molecule has 0 atom stereocenters. The van der Waals surface area contributed by atoms with Crippen LogP contribution in [0.2, 0.25) is 5.02 Å². The van der Waals surface area contributed by atoms with Gasteiger partial charge in [0.25, 0.3) is 10.0 Å². The normalized spacial score (nSPS) is 11.9. The van der Waals surface area contributed by atoms with Gasteiger partial charge in [-0.2, -0.15) is 0 Å². The first-order valence-electron chi connectivity index (χ1n) is 7.56. The summed E-state index contributed by atoms with van der Waals surface area (Å²) in [6.07, 6.45) is 0. The van der Waals surface area contributed by atoms with E-state index in [9.17, 15) is 13.2 Å². The number of esters is 1. The maximum Gasteiger partial charge on any atom is 0.339 e. The predicted molar refractivity (Wildman–Crippen MR) is 98.7 cm³/mol. The van der Waals surface area contributed by atoms with Gasteiger partial charge >= 0.3 is 5.97 Å². The molecule has 0 aliphatic heterocycles. The second kappa shape index (κ2) is 7.06. The maximum atomic E-state index is 12.6. The summed E-state index contributed by atoms with van der Waals surface area (Å²) >= 11 is 5.92. The van der Waals surface area contributed by atoms with Gasteiger partial charge in [0.1, 0.15) is 0 Å². The molecule has 25 heavy (non-hydrogen) atoms. The minimum absolute atomic E-state index is 0.0687. The fourth-order valence-electron chi connectivity index (χ4n) is 2.23. The number of carbonyl (C=O) groups is 1. The Labute approximate surface area is 153 Å². The molecule has 0 heterocycles. The molecule has 7 heteroatoms. The van der Waals surface area contributed by atoms with Crippen molar-refractivity contribution < 1.29 is 17.9 Å². The number of sulfonamides is 1. The van der Waals surface area contributed by atoms with E-state index in [1.807, 2.05) is 20.8 Å². The summed E-state index contributed by atoms with van der Waals surface area (Å²) in [7, 11) is -2.65. The van der Waals surface area contributed by atoms with Crippen LogP contribution in [0.3, 0.4) is 0 Å². The number of rotatable bonds is 4. The lowest BCUT2D eigenvalue weighted by atomic mass is 9.87. The van der Waals surface area contributed by atoms with Crippen LogP contribution in [-0.4, -0.2) is 21.5 Å². The Morgan fingerprint density at radius 2 is 1.68 bits per heavy atom. The Balaban J connectivity index is 2.39. The predicted octanol–water partition coefficient (Wildman–Crippen LogP) is 4.22. The highest BCUT2D eigenvalue weighted by Crippen LogP contribution is 2.27. The fourth-order valence-corrected chi connectivity index (χ4v) is 3.47. The summed E-state index contributed by atoms with van der Waals surface area (Å²) in [6.45, 7) is 6.14. The molecule has 2 aromatic rings. The molecule has 2 rings (SSSR count). The van der Waals surface area contributed by atoms with Crippen molar-refractivity contribution in [3.8, 4) is 0 Å². The first-order valence-corrected chi connectivity index (χ1v) is 9.42. The number of benzene rings is 2. The summed E-state index contributed by atoms with van der Waals surface area (Å²) in [6, 6.07) is 10.9. The molecule has 0 amide bonds. The van der Waals surface area contributed by atoms with Crippen molar-refractivity contribution in [2.75, 3.05) is 11.8 Å². The standard InChI is InChI=1S/C18H20ClNO4S/c1-18(2,3)12-5-8-14(9-6-12)25(22,23)20-16-11-13(19)7-10-15(16)17(21)24-4/h5-11,20H,1-4H3. The Morgan fingerprint density at radius 1 is 1.08 bits per heavy atom. The maximum absolute atomic E-state index is 12.6. The van der Waals surface area contributed by atoms with E-state index in [1.54, 1.807) is 12.1 Å². The van der Waals surface area contributed by atoms with Crippen LogP contribution in [0, 0.1) is 0 Å². The summed E-state index contributed by atoms with van der Waals surface area (Å²) in [5.74, 6) is -0.655. The molecule has 134 valence electrons. The molecule has 0 aromatic heterocycles. The zero-order valence-corrected chi connectivity index (χ0v) is 16.0. The van der Waals surface area contributed by atoms with E-state index in [2.05, 4.69) is 9.46 Å². The van der Waals surface area contributed by atoms with E-state index in [0.717, 1.165) is 5.56 Å². The van der Waals surface area contributed by atoms with Crippen LogP contribution >= 0.6 is 11.6 Å². The van der Waals surface area contributed by atoms with Crippen molar-refractivity contribution >= 4 is 33.3 Å². The molecule has 0 saturated carbocycles. The molecular weight excluding hydrogens is 362 g/mol. The van der Waals surface area contributed by atoms with Crippen molar-refractivity contribution in [1.29, 1.82) is 0 Å². The minimum atomic E-state index is -3.87. The summed E-state index contributed by atoms with van der Waals surface area (Å²) < 4.78 is 32.3. The average Bonchev–Trinajstić information content (AvgIpc) is 2.53. The number of methoxy groups -OCH3 is 1. The lowest BCUT2D eigenvalue weighted by Crippen LogP contribution is -2.17. The number of anilines is 1. The molecule has 0 bridgehead atoms. The zero-order chi connectivity index (χ0) is 18.8. The number of ether oxygens (including phenoxy) is 1. The summed E-state index contributed by atoms with van der Waals surface area (Å²) in [5.41, 5.74) is 1.09. The Hall–Kier alpha value is -2.05. The minimum Gasteiger partial charge on any atom is -0.465 e. The molecule has 1 N–H and O–H groups in total. The van der Waals surface area contributed by atoms with Crippen molar-refractivity contribution in [3.63, 3.8) is 0 Å². The number of nitrogens with one attached hydrogen (secondary N) is 1. The van der Waals surface area contributed by atoms with Crippen molar-refractivity contribution in [1.82, 2.24) is 0 Å². The summed E-state index contributed by atoms with van der Waals surface area (Å²) in [4.78, 5) is 11.9. The molecule has 0 aliphatic rings. The monoisotopic (exact) mass is 381 g/mol. The fraction of sp³-hybridized carbons (Fsp3) is 0.278. The molecule has 5 nitrogen and oxygen atoms in total. The molecule has 2 aromatic carbocycles. The topological polar surface area (TPSA) is 72.5 Å². The first-order chi connectivity index (χ1) is 11.5. The molecule has 0 saturated heterocycles. The average molecular weight is 382 g/mol. The second-order valence-electron chi connectivity index (χ2n) is 6.56. The van der Waals surface area contributed by atoms with Gasteiger partial charge in [-0.3, -0.25) is 4.72 Å². The van der Waals surface area contributed by atoms with Gasteiger partial charge in [-0.25, -0.2) is 13.2 Å². The highest BCUT2D eigenvalue weighted by molar-refractivity contribution is 7.92. The smallest absolute Gasteiger partial charge is 0.339 e. The Kier molecular flexibility index (Phi) is 5.44. The molecule has 0 spiro atoms. The van der Waals surface area contributed by atoms with Crippen LogP contribution in [-0.2, 0) is 20.2 Å². The van der Waals surface area contributed by atoms with Crippen LogP contribution < -0.4 is 4.72 Å². The van der Waals surface area contributed by atoms with Crippen LogP contribution in [0.1, 0.15) is 36.7 Å². The third kappa shape index (κ3) is 4.52. The van der Waals surface area contributed by atoms with Gasteiger partial charge in [-0.1, -0.05) is 44.5 Å². The van der Waals surface area contributed by atoms with Gasteiger partial charge < -0.3 is 4.74 Å². The van der Waals surface area contributed by atoms with E-state index < -0.39 is 16.0 Å². The lowest BCUT2D eigenvalue weighted by Gasteiger charge is -2.19. The van der Waals surface area contributed by atoms with Gasteiger partial charge in [0.15, 0.2) is 0 Å². The van der Waals surface area contributed by atoms with Gasteiger partial charge in [0, 0.05) is 5.02 Å². The molecule has 0 fully saturated rings.